The number of nitrogens with zero attached hydrogens (tertiary/aromatic N) is 6. The van der Waals surface area contributed by atoms with E-state index in [1.165, 1.54) is 6.07 Å². The lowest BCUT2D eigenvalue weighted by Crippen LogP contribution is -2.12. The lowest BCUT2D eigenvalue weighted by atomic mass is 10.2. The predicted molar refractivity (Wildman–Crippen MR) is 83.1 cm³/mol. The molecule has 0 radical (unpaired) electrons. The van der Waals surface area contributed by atoms with Gasteiger partial charge in [0, 0.05) is 28.3 Å². The SMILES string of the molecule is COCCOCCOCCOc1cc(N=[N+]=[N-])cc(N=[N+]=[N-])c1. The van der Waals surface area contributed by atoms with Crippen LogP contribution in [0.2, 0.25) is 0 Å². The quantitative estimate of drug-likeness (QED) is 0.251. The summed E-state index contributed by atoms with van der Waals surface area (Å²) in [7, 11) is 1.61. The minimum atomic E-state index is 0.299. The van der Waals surface area contributed by atoms with Crippen molar-refractivity contribution in [3.63, 3.8) is 0 Å². The second-order valence-corrected chi connectivity index (χ2v) is 4.13. The molecule has 0 saturated heterocycles. The molecule has 0 atom stereocenters. The van der Waals surface area contributed by atoms with Gasteiger partial charge < -0.3 is 18.9 Å². The van der Waals surface area contributed by atoms with Crippen LogP contribution in [0.4, 0.5) is 11.4 Å². The molecule has 0 spiro atoms. The molecule has 10 heteroatoms. The van der Waals surface area contributed by atoms with E-state index in [2.05, 4.69) is 20.1 Å². The third-order valence-electron chi connectivity index (χ3n) is 2.50. The molecule has 23 heavy (non-hydrogen) atoms. The van der Waals surface area contributed by atoms with Crippen molar-refractivity contribution in [1.82, 2.24) is 0 Å². The highest BCUT2D eigenvalue weighted by molar-refractivity contribution is 5.55. The Morgan fingerprint density at radius 2 is 1.35 bits per heavy atom. The normalized spacial score (nSPS) is 9.78. The fraction of sp³-hybridized carbons (Fsp3) is 0.538. The molecule has 0 aliphatic carbocycles. The summed E-state index contributed by atoms with van der Waals surface area (Å²) in [6, 6.07) is 4.55. The Kier molecular flexibility index (Phi) is 9.77. The van der Waals surface area contributed by atoms with Crippen molar-refractivity contribution in [2.75, 3.05) is 46.8 Å². The van der Waals surface area contributed by atoms with Gasteiger partial charge in [-0.1, -0.05) is 10.2 Å². The van der Waals surface area contributed by atoms with E-state index < -0.39 is 0 Å². The zero-order chi connectivity index (χ0) is 16.8. The van der Waals surface area contributed by atoms with Gasteiger partial charge in [0.15, 0.2) is 0 Å². The summed E-state index contributed by atoms with van der Waals surface area (Å²) in [6.45, 7) is 2.69. The highest BCUT2D eigenvalue weighted by Gasteiger charge is 2.00. The summed E-state index contributed by atoms with van der Waals surface area (Å²) < 4.78 is 20.9. The summed E-state index contributed by atoms with van der Waals surface area (Å²) in [5, 5.41) is 6.93. The van der Waals surface area contributed by atoms with Gasteiger partial charge in [0.25, 0.3) is 0 Å². The number of benzene rings is 1. The van der Waals surface area contributed by atoms with Gasteiger partial charge in [-0.3, -0.25) is 0 Å². The molecular weight excluding hydrogens is 304 g/mol. The van der Waals surface area contributed by atoms with Gasteiger partial charge in [0.2, 0.25) is 0 Å². The van der Waals surface area contributed by atoms with Crippen LogP contribution in [0, 0.1) is 0 Å². The van der Waals surface area contributed by atoms with Crippen LogP contribution >= 0.6 is 0 Å². The van der Waals surface area contributed by atoms with Crippen LogP contribution in [0.3, 0.4) is 0 Å². The number of rotatable bonds is 12. The van der Waals surface area contributed by atoms with Crippen molar-refractivity contribution < 1.29 is 18.9 Å². The lowest BCUT2D eigenvalue weighted by molar-refractivity contribution is 0.0180. The zero-order valence-electron chi connectivity index (χ0n) is 12.8. The zero-order valence-corrected chi connectivity index (χ0v) is 12.8. The molecule has 10 nitrogen and oxygen atoms in total. The van der Waals surface area contributed by atoms with Crippen molar-refractivity contribution in [3.05, 3.63) is 39.1 Å². The smallest absolute Gasteiger partial charge is 0.120 e. The average molecular weight is 322 g/mol. The summed E-state index contributed by atoms with van der Waals surface area (Å²) in [6.07, 6.45) is 0. The van der Waals surface area contributed by atoms with E-state index in [1.54, 1.807) is 19.2 Å². The van der Waals surface area contributed by atoms with Gasteiger partial charge in [-0.25, -0.2) is 0 Å². The van der Waals surface area contributed by atoms with Gasteiger partial charge in [-0.05, 0) is 29.3 Å². The van der Waals surface area contributed by atoms with Crippen molar-refractivity contribution in [2.24, 2.45) is 10.2 Å². The monoisotopic (exact) mass is 322 g/mol. The van der Waals surface area contributed by atoms with Gasteiger partial charge in [0.1, 0.15) is 12.4 Å². The maximum Gasteiger partial charge on any atom is 0.120 e. The van der Waals surface area contributed by atoms with Crippen LogP contribution < -0.4 is 4.74 Å². The second-order valence-electron chi connectivity index (χ2n) is 4.13. The van der Waals surface area contributed by atoms with Gasteiger partial charge >= 0.3 is 0 Å². The summed E-state index contributed by atoms with van der Waals surface area (Å²) >= 11 is 0. The topological polar surface area (TPSA) is 134 Å². The molecule has 0 amide bonds. The fourth-order valence-corrected chi connectivity index (χ4v) is 1.55. The molecule has 1 rings (SSSR count). The van der Waals surface area contributed by atoms with Gasteiger partial charge in [-0.15, -0.1) is 0 Å². The minimum Gasteiger partial charge on any atom is -0.491 e. The Morgan fingerprint density at radius 1 is 0.826 bits per heavy atom. The molecule has 1 aromatic rings. The maximum atomic E-state index is 8.46. The molecule has 0 unspecified atom stereocenters. The Morgan fingerprint density at radius 3 is 1.87 bits per heavy atom. The first-order valence-electron chi connectivity index (χ1n) is 6.82. The average Bonchev–Trinajstić information content (AvgIpc) is 2.54. The van der Waals surface area contributed by atoms with Crippen LogP contribution in [0.15, 0.2) is 28.4 Å². The largest absolute Gasteiger partial charge is 0.491 e. The van der Waals surface area contributed by atoms with Crippen LogP contribution in [-0.4, -0.2) is 46.8 Å². The van der Waals surface area contributed by atoms with Crippen molar-refractivity contribution in [2.45, 2.75) is 0 Å². The Balaban J connectivity index is 2.33. The molecular formula is C13H18N6O4. The standard InChI is InChI=1S/C13H18N6O4/c1-20-2-3-21-4-5-22-6-7-23-13-9-11(16-18-14)8-12(10-13)17-19-15/h8-10H,2-7H2,1H3. The van der Waals surface area contributed by atoms with E-state index >= 15 is 0 Å². The first kappa shape index (κ1) is 18.6. The maximum absolute atomic E-state index is 8.46. The van der Waals surface area contributed by atoms with E-state index in [4.69, 9.17) is 30.0 Å². The summed E-state index contributed by atoms with van der Waals surface area (Å²) in [5.41, 5.74) is 17.5. The first-order chi connectivity index (χ1) is 11.3. The molecule has 0 heterocycles. The molecule has 0 bridgehead atoms. The molecule has 1 aromatic carbocycles. The minimum absolute atomic E-state index is 0.299. The molecule has 124 valence electrons. The van der Waals surface area contributed by atoms with Crippen LogP contribution in [0.5, 0.6) is 5.75 Å². The second kappa shape index (κ2) is 12.1. The van der Waals surface area contributed by atoms with E-state index in [9.17, 15) is 0 Å². The van der Waals surface area contributed by atoms with Crippen LogP contribution in [-0.2, 0) is 14.2 Å². The molecule has 0 aliphatic rings. The molecule has 0 N–H and O–H groups in total. The Bertz CT molecular complexity index is 533. The number of hydrogen-bond donors (Lipinski definition) is 0. The van der Waals surface area contributed by atoms with Gasteiger partial charge in [0.05, 0.1) is 33.0 Å². The number of ether oxygens (including phenoxy) is 4. The highest BCUT2D eigenvalue weighted by Crippen LogP contribution is 2.28. The number of hydrogen-bond acceptors (Lipinski definition) is 6. The van der Waals surface area contributed by atoms with Crippen molar-refractivity contribution >= 4 is 11.4 Å². The third kappa shape index (κ3) is 8.52. The molecule has 0 aromatic heterocycles. The van der Waals surface area contributed by atoms with Gasteiger partial charge in [-0.2, -0.15) is 0 Å². The van der Waals surface area contributed by atoms with Crippen LogP contribution in [0.1, 0.15) is 0 Å². The highest BCUT2D eigenvalue weighted by atomic mass is 16.6. The van der Waals surface area contributed by atoms with E-state index in [1.807, 2.05) is 0 Å². The molecule has 0 fully saturated rings. The summed E-state index contributed by atoms with van der Waals surface area (Å²) in [4.78, 5) is 5.37. The number of azide groups is 2. The molecule has 0 saturated carbocycles. The van der Waals surface area contributed by atoms with E-state index in [-0.39, 0.29) is 0 Å². The Hall–Kier alpha value is -2.48. The van der Waals surface area contributed by atoms with E-state index in [0.29, 0.717) is 56.8 Å². The Labute approximate surface area is 133 Å². The van der Waals surface area contributed by atoms with Crippen LogP contribution in [0.25, 0.3) is 20.9 Å². The predicted octanol–water partition coefficient (Wildman–Crippen LogP) is 3.63. The first-order valence-corrected chi connectivity index (χ1v) is 6.82. The number of methoxy groups -OCH3 is 1. The van der Waals surface area contributed by atoms with E-state index in [0.717, 1.165) is 0 Å². The third-order valence-corrected chi connectivity index (χ3v) is 2.50. The lowest BCUT2D eigenvalue weighted by Gasteiger charge is -2.09. The molecule has 0 aliphatic heterocycles. The summed E-state index contributed by atoms with van der Waals surface area (Å²) in [5.74, 6) is 0.428. The van der Waals surface area contributed by atoms with Crippen molar-refractivity contribution in [3.8, 4) is 5.75 Å². The fourth-order valence-electron chi connectivity index (χ4n) is 1.55. The van der Waals surface area contributed by atoms with Crippen molar-refractivity contribution in [1.29, 1.82) is 0 Å².